The van der Waals surface area contributed by atoms with E-state index < -0.39 is 6.04 Å². The molecule has 1 aliphatic rings. The van der Waals surface area contributed by atoms with Crippen LogP contribution < -0.4 is 10.6 Å². The number of carbonyl (C=O) groups is 1. The fourth-order valence-electron chi connectivity index (χ4n) is 2.72. The maximum atomic E-state index is 12.6. The van der Waals surface area contributed by atoms with Crippen LogP contribution in [0.1, 0.15) is 38.2 Å². The van der Waals surface area contributed by atoms with E-state index in [1.165, 1.54) is 5.56 Å². The lowest BCUT2D eigenvalue weighted by Crippen LogP contribution is -2.47. The first kappa shape index (κ1) is 18.9. The summed E-state index contributed by atoms with van der Waals surface area (Å²) in [6.07, 6.45) is 1.74. The van der Waals surface area contributed by atoms with Gasteiger partial charge in [0.15, 0.2) is 0 Å². The molecule has 1 atom stereocenters. The Morgan fingerprint density at radius 2 is 1.95 bits per heavy atom. The molecule has 1 aliphatic heterocycles. The van der Waals surface area contributed by atoms with E-state index in [-0.39, 0.29) is 24.2 Å². The van der Waals surface area contributed by atoms with Crippen molar-refractivity contribution < 1.29 is 9.53 Å². The summed E-state index contributed by atoms with van der Waals surface area (Å²) in [5, 5.41) is 0. The van der Waals surface area contributed by atoms with E-state index in [1.807, 2.05) is 12.1 Å². The van der Waals surface area contributed by atoms with E-state index in [1.54, 1.807) is 11.9 Å². The molecule has 0 aromatic heterocycles. The van der Waals surface area contributed by atoms with E-state index in [9.17, 15) is 4.79 Å². The van der Waals surface area contributed by atoms with E-state index in [0.717, 1.165) is 18.5 Å². The lowest BCUT2D eigenvalue weighted by Gasteiger charge is -2.30. The Morgan fingerprint density at radius 1 is 1.32 bits per heavy atom. The lowest BCUT2D eigenvalue weighted by atomic mass is 9.91. The molecule has 2 rings (SSSR count). The fraction of sp³-hybridized carbons (Fsp3) is 0.588. The van der Waals surface area contributed by atoms with Crippen molar-refractivity contribution in [2.24, 2.45) is 11.7 Å². The van der Waals surface area contributed by atoms with Gasteiger partial charge in [0, 0.05) is 25.9 Å². The highest BCUT2D eigenvalue weighted by atomic mass is 35.5. The van der Waals surface area contributed by atoms with Crippen LogP contribution in [0.4, 0.5) is 5.69 Å². The predicted octanol–water partition coefficient (Wildman–Crippen LogP) is 2.95. The van der Waals surface area contributed by atoms with Crippen molar-refractivity contribution in [1.29, 1.82) is 0 Å². The Morgan fingerprint density at radius 3 is 2.55 bits per heavy atom. The van der Waals surface area contributed by atoms with Gasteiger partial charge in [0.1, 0.15) is 0 Å². The molecule has 0 saturated carbocycles. The molecule has 22 heavy (non-hydrogen) atoms. The Labute approximate surface area is 139 Å². The summed E-state index contributed by atoms with van der Waals surface area (Å²) < 4.78 is 5.34. The Balaban J connectivity index is 0.00000242. The van der Waals surface area contributed by atoms with Gasteiger partial charge in [-0.1, -0.05) is 26.0 Å². The molecule has 0 aliphatic carbocycles. The van der Waals surface area contributed by atoms with Gasteiger partial charge in [-0.15, -0.1) is 12.4 Å². The molecule has 1 amide bonds. The quantitative estimate of drug-likeness (QED) is 0.925. The zero-order valence-corrected chi connectivity index (χ0v) is 14.4. The molecular weight excluding hydrogens is 300 g/mol. The Bertz CT molecular complexity index is 487. The molecule has 5 heteroatoms. The molecule has 1 heterocycles. The molecule has 0 spiro atoms. The third kappa shape index (κ3) is 4.45. The van der Waals surface area contributed by atoms with Crippen LogP contribution in [0.25, 0.3) is 0 Å². The van der Waals surface area contributed by atoms with Crippen LogP contribution in [0.15, 0.2) is 24.3 Å². The maximum Gasteiger partial charge on any atom is 0.243 e. The van der Waals surface area contributed by atoms with Gasteiger partial charge >= 0.3 is 0 Å². The molecule has 0 radical (unpaired) electrons. The number of nitrogens with two attached hydrogens (primary N) is 1. The Hall–Kier alpha value is -1.10. The van der Waals surface area contributed by atoms with E-state index in [2.05, 4.69) is 26.0 Å². The summed E-state index contributed by atoms with van der Waals surface area (Å²) in [6.45, 7) is 5.71. The normalized spacial score (nSPS) is 17.0. The number of carbonyl (C=O) groups excluding carboxylic acids is 1. The largest absolute Gasteiger partial charge is 0.381 e. The molecule has 4 nitrogen and oxygen atoms in total. The van der Waals surface area contributed by atoms with Crippen LogP contribution >= 0.6 is 12.4 Å². The number of nitrogens with zero attached hydrogens (tertiary/aromatic N) is 1. The third-order valence-corrected chi connectivity index (χ3v) is 4.31. The second kappa shape index (κ2) is 8.51. The average molecular weight is 327 g/mol. The minimum atomic E-state index is -0.443. The van der Waals surface area contributed by atoms with Gasteiger partial charge in [-0.3, -0.25) is 4.79 Å². The molecule has 1 aromatic carbocycles. The van der Waals surface area contributed by atoms with Crippen molar-refractivity contribution in [1.82, 2.24) is 0 Å². The first-order valence-electron chi connectivity index (χ1n) is 7.71. The van der Waals surface area contributed by atoms with Crippen molar-refractivity contribution >= 4 is 24.0 Å². The molecule has 1 fully saturated rings. The van der Waals surface area contributed by atoms with Gasteiger partial charge in [0.2, 0.25) is 5.91 Å². The van der Waals surface area contributed by atoms with Crippen LogP contribution in [0, 0.1) is 5.92 Å². The fourth-order valence-corrected chi connectivity index (χ4v) is 2.72. The number of hydrogen-bond acceptors (Lipinski definition) is 3. The minimum Gasteiger partial charge on any atom is -0.381 e. The minimum absolute atomic E-state index is 0. The zero-order chi connectivity index (χ0) is 15.4. The van der Waals surface area contributed by atoms with Crippen molar-refractivity contribution in [3.8, 4) is 0 Å². The number of benzene rings is 1. The second-order valence-corrected chi connectivity index (χ2v) is 6.12. The number of hydrogen-bond donors (Lipinski definition) is 1. The van der Waals surface area contributed by atoms with Gasteiger partial charge in [0.25, 0.3) is 0 Å². The van der Waals surface area contributed by atoms with Gasteiger partial charge in [-0.25, -0.2) is 0 Å². The van der Waals surface area contributed by atoms with E-state index in [4.69, 9.17) is 10.5 Å². The summed E-state index contributed by atoms with van der Waals surface area (Å²) >= 11 is 0. The van der Waals surface area contributed by atoms with Crippen LogP contribution in [0.3, 0.4) is 0 Å². The number of amides is 1. The number of rotatable bonds is 4. The van der Waals surface area contributed by atoms with Crippen LogP contribution in [0.5, 0.6) is 0 Å². The van der Waals surface area contributed by atoms with Crippen LogP contribution in [-0.4, -0.2) is 32.2 Å². The van der Waals surface area contributed by atoms with Crippen molar-refractivity contribution in [2.45, 2.75) is 38.6 Å². The van der Waals surface area contributed by atoms with Gasteiger partial charge in [-0.05, 0) is 42.4 Å². The van der Waals surface area contributed by atoms with E-state index in [0.29, 0.717) is 19.1 Å². The number of anilines is 1. The first-order chi connectivity index (χ1) is 10.0. The second-order valence-electron chi connectivity index (χ2n) is 6.12. The SMILES string of the molecule is CC(C)c1cccc(N(C)C(=O)C(N)C2CCOCC2)c1.Cl. The number of halogens is 1. The molecule has 1 unspecified atom stereocenters. The summed E-state index contributed by atoms with van der Waals surface area (Å²) in [5.41, 5.74) is 8.32. The smallest absolute Gasteiger partial charge is 0.243 e. The molecule has 1 saturated heterocycles. The summed E-state index contributed by atoms with van der Waals surface area (Å²) in [6, 6.07) is 7.67. The summed E-state index contributed by atoms with van der Waals surface area (Å²) in [7, 11) is 1.81. The van der Waals surface area contributed by atoms with Gasteiger partial charge in [-0.2, -0.15) is 0 Å². The molecule has 124 valence electrons. The van der Waals surface area contributed by atoms with Crippen molar-refractivity contribution in [3.63, 3.8) is 0 Å². The highest BCUT2D eigenvalue weighted by molar-refractivity contribution is 5.96. The highest BCUT2D eigenvalue weighted by Crippen LogP contribution is 2.23. The first-order valence-corrected chi connectivity index (χ1v) is 7.71. The zero-order valence-electron chi connectivity index (χ0n) is 13.6. The van der Waals surface area contributed by atoms with Crippen LogP contribution in [-0.2, 0) is 9.53 Å². The maximum absolute atomic E-state index is 12.6. The molecular formula is C17H27ClN2O2. The molecule has 2 N–H and O–H groups in total. The number of likely N-dealkylation sites (N-methyl/N-ethyl adjacent to an activating group) is 1. The third-order valence-electron chi connectivity index (χ3n) is 4.31. The summed E-state index contributed by atoms with van der Waals surface area (Å²) in [5.74, 6) is 0.655. The highest BCUT2D eigenvalue weighted by Gasteiger charge is 2.29. The molecule has 0 bridgehead atoms. The number of ether oxygens (including phenoxy) is 1. The standard InChI is InChI=1S/C17H26N2O2.ClH/c1-12(2)14-5-4-6-15(11-14)19(3)17(20)16(18)13-7-9-21-10-8-13;/h4-6,11-13,16H,7-10,18H2,1-3H3;1H. The monoisotopic (exact) mass is 326 g/mol. The van der Waals surface area contributed by atoms with Gasteiger partial charge in [0.05, 0.1) is 6.04 Å². The lowest BCUT2D eigenvalue weighted by molar-refractivity contribution is -0.121. The van der Waals surface area contributed by atoms with Crippen molar-refractivity contribution in [2.75, 3.05) is 25.2 Å². The topological polar surface area (TPSA) is 55.6 Å². The van der Waals surface area contributed by atoms with Crippen molar-refractivity contribution in [3.05, 3.63) is 29.8 Å². The Kier molecular flexibility index (Phi) is 7.33. The van der Waals surface area contributed by atoms with Gasteiger partial charge < -0.3 is 15.4 Å². The van der Waals surface area contributed by atoms with E-state index >= 15 is 0 Å². The van der Waals surface area contributed by atoms with Crippen LogP contribution in [0.2, 0.25) is 0 Å². The average Bonchev–Trinajstić information content (AvgIpc) is 2.53. The predicted molar refractivity (Wildman–Crippen MR) is 92.7 cm³/mol. The molecule has 1 aromatic rings. The summed E-state index contributed by atoms with van der Waals surface area (Å²) in [4.78, 5) is 14.3.